The number of hydrogen-bond donors (Lipinski definition) is 1. The van der Waals surface area contributed by atoms with E-state index in [-0.39, 0.29) is 0 Å². The summed E-state index contributed by atoms with van der Waals surface area (Å²) >= 11 is -0.556. The SMILES string of the molecule is CN=Cc1cc(C)cc(C2CCCCCCC2)c1O.[Cl][Ti][Cl]. The average Bonchev–Trinajstić information content (AvgIpc) is 2.44. The topological polar surface area (TPSA) is 32.6 Å². The average molecular weight is 378 g/mol. The Morgan fingerprint density at radius 1 is 1.14 bits per heavy atom. The first kappa shape index (κ1) is 20.0. The molecule has 0 radical (unpaired) electrons. The Hall–Kier alpha value is -0.0157. The summed E-state index contributed by atoms with van der Waals surface area (Å²) in [6.45, 7) is 2.10. The van der Waals surface area contributed by atoms with Crippen molar-refractivity contribution in [1.29, 1.82) is 0 Å². The van der Waals surface area contributed by atoms with Crippen molar-refractivity contribution in [2.45, 2.75) is 57.8 Å². The zero-order valence-corrected chi connectivity index (χ0v) is 16.5. The predicted molar refractivity (Wildman–Crippen MR) is 93.1 cm³/mol. The van der Waals surface area contributed by atoms with Crippen LogP contribution >= 0.6 is 18.6 Å². The van der Waals surface area contributed by atoms with Crippen LogP contribution in [-0.2, 0) is 17.0 Å². The minimum absolute atomic E-state index is 0.446. The van der Waals surface area contributed by atoms with E-state index in [1.165, 1.54) is 50.5 Å². The Bertz CT molecular complexity index is 472. The van der Waals surface area contributed by atoms with Crippen molar-refractivity contribution < 1.29 is 22.1 Å². The van der Waals surface area contributed by atoms with Crippen LogP contribution in [0.25, 0.3) is 0 Å². The molecule has 2 rings (SSSR count). The molecule has 22 heavy (non-hydrogen) atoms. The third kappa shape index (κ3) is 6.62. The van der Waals surface area contributed by atoms with Crippen LogP contribution in [0.2, 0.25) is 0 Å². The summed E-state index contributed by atoms with van der Waals surface area (Å²) in [7, 11) is 11.5. The molecule has 0 aliphatic heterocycles. The summed E-state index contributed by atoms with van der Waals surface area (Å²) in [5, 5.41) is 10.5. The van der Waals surface area contributed by atoms with Crippen molar-refractivity contribution in [1.82, 2.24) is 0 Å². The molecule has 1 saturated carbocycles. The second-order valence-corrected chi connectivity index (χ2v) is 8.37. The molecule has 5 heteroatoms. The molecule has 1 aliphatic carbocycles. The molecule has 0 aromatic heterocycles. The van der Waals surface area contributed by atoms with Crippen LogP contribution < -0.4 is 0 Å². The van der Waals surface area contributed by atoms with E-state index in [4.69, 9.17) is 18.6 Å². The van der Waals surface area contributed by atoms with Crippen LogP contribution in [0.5, 0.6) is 5.75 Å². The van der Waals surface area contributed by atoms with E-state index in [0.29, 0.717) is 11.7 Å². The number of rotatable bonds is 2. The fourth-order valence-electron chi connectivity index (χ4n) is 3.15. The molecule has 1 aliphatic rings. The molecule has 0 atom stereocenters. The minimum atomic E-state index is -0.556. The molecule has 1 fully saturated rings. The number of aryl methyl sites for hydroxylation is 1. The summed E-state index contributed by atoms with van der Waals surface area (Å²) in [5.41, 5.74) is 3.21. The van der Waals surface area contributed by atoms with Gasteiger partial charge in [0, 0.05) is 18.8 Å². The standard InChI is InChI=1S/C17H25NO.2ClH.Ti/c1-13-10-15(12-18-2)17(19)16(11-13)14-8-6-4-3-5-7-9-14;;;/h10-12,14,19H,3-9H2,1-2H3;2*1H;/q;;;+2/p-2. The van der Waals surface area contributed by atoms with E-state index >= 15 is 0 Å². The summed E-state index contributed by atoms with van der Waals surface area (Å²) in [6.07, 6.45) is 10.8. The molecule has 1 N–H and O–H groups in total. The monoisotopic (exact) mass is 377 g/mol. The first-order valence-corrected chi connectivity index (χ1v) is 12.2. The van der Waals surface area contributed by atoms with E-state index < -0.39 is 17.0 Å². The van der Waals surface area contributed by atoms with Gasteiger partial charge in [-0.05, 0) is 42.9 Å². The molecular weight excluding hydrogens is 353 g/mol. The molecule has 2 nitrogen and oxygen atoms in total. The van der Waals surface area contributed by atoms with Crippen molar-refractivity contribution >= 4 is 24.8 Å². The molecule has 0 amide bonds. The van der Waals surface area contributed by atoms with Crippen LogP contribution in [0.4, 0.5) is 0 Å². The molecular formula is C17H25Cl2NOTi. The van der Waals surface area contributed by atoms with Crippen LogP contribution in [-0.4, -0.2) is 18.4 Å². The van der Waals surface area contributed by atoms with Crippen LogP contribution in [0.3, 0.4) is 0 Å². The van der Waals surface area contributed by atoms with Gasteiger partial charge in [-0.2, -0.15) is 0 Å². The first-order valence-electron chi connectivity index (χ1n) is 7.86. The van der Waals surface area contributed by atoms with Crippen molar-refractivity contribution in [3.05, 3.63) is 28.8 Å². The van der Waals surface area contributed by atoms with Crippen molar-refractivity contribution in [3.8, 4) is 5.75 Å². The normalized spacial score (nSPS) is 16.5. The van der Waals surface area contributed by atoms with Gasteiger partial charge < -0.3 is 5.11 Å². The van der Waals surface area contributed by atoms with Gasteiger partial charge >= 0.3 is 35.6 Å². The quantitative estimate of drug-likeness (QED) is 0.500. The predicted octanol–water partition coefficient (Wildman–Crippen LogP) is 5.95. The summed E-state index contributed by atoms with van der Waals surface area (Å²) in [5.74, 6) is 0.964. The maximum absolute atomic E-state index is 10.5. The molecule has 0 heterocycles. The summed E-state index contributed by atoms with van der Waals surface area (Å²) in [4.78, 5) is 4.04. The van der Waals surface area contributed by atoms with E-state index in [0.717, 1.165) is 11.1 Å². The fraction of sp³-hybridized carbons (Fsp3) is 0.588. The zero-order chi connectivity index (χ0) is 16.4. The zero-order valence-electron chi connectivity index (χ0n) is 13.4. The molecule has 1 aromatic rings. The van der Waals surface area contributed by atoms with Crippen molar-refractivity contribution in [3.63, 3.8) is 0 Å². The molecule has 0 bridgehead atoms. The van der Waals surface area contributed by atoms with Crippen LogP contribution in [0.1, 0.15) is 67.6 Å². The summed E-state index contributed by atoms with van der Waals surface area (Å²) in [6, 6.07) is 4.17. The Labute approximate surface area is 151 Å². The van der Waals surface area contributed by atoms with Gasteiger partial charge in [0.15, 0.2) is 0 Å². The van der Waals surface area contributed by atoms with Gasteiger partial charge in [-0.1, -0.05) is 38.2 Å². The van der Waals surface area contributed by atoms with Crippen LogP contribution in [0.15, 0.2) is 17.1 Å². The Morgan fingerprint density at radius 2 is 1.68 bits per heavy atom. The van der Waals surface area contributed by atoms with Gasteiger partial charge in [0.25, 0.3) is 0 Å². The first-order chi connectivity index (χ1) is 10.6. The van der Waals surface area contributed by atoms with Gasteiger partial charge in [-0.15, -0.1) is 0 Å². The van der Waals surface area contributed by atoms with Gasteiger partial charge in [0.05, 0.1) is 0 Å². The molecule has 0 saturated heterocycles. The van der Waals surface area contributed by atoms with Gasteiger partial charge in [-0.3, -0.25) is 4.99 Å². The molecule has 122 valence electrons. The third-order valence-corrected chi connectivity index (χ3v) is 4.13. The number of benzene rings is 1. The van der Waals surface area contributed by atoms with E-state index in [2.05, 4.69) is 18.0 Å². The third-order valence-electron chi connectivity index (χ3n) is 4.13. The van der Waals surface area contributed by atoms with Crippen molar-refractivity contribution in [2.75, 3.05) is 7.05 Å². The number of nitrogens with zero attached hydrogens (tertiary/aromatic N) is 1. The molecule has 1 aromatic carbocycles. The number of aromatic hydroxyl groups is 1. The van der Waals surface area contributed by atoms with Crippen LogP contribution in [0, 0.1) is 6.92 Å². The Balaban J connectivity index is 0.000000745. The van der Waals surface area contributed by atoms with Gasteiger partial charge in [0.1, 0.15) is 5.75 Å². The second kappa shape index (κ2) is 11.5. The molecule has 0 spiro atoms. The van der Waals surface area contributed by atoms with E-state index in [9.17, 15) is 5.11 Å². The van der Waals surface area contributed by atoms with Crippen molar-refractivity contribution in [2.24, 2.45) is 4.99 Å². The summed E-state index contributed by atoms with van der Waals surface area (Å²) < 4.78 is 0. The van der Waals surface area contributed by atoms with E-state index in [1.54, 1.807) is 13.3 Å². The maximum atomic E-state index is 10.5. The molecule has 0 unspecified atom stereocenters. The van der Waals surface area contributed by atoms with Gasteiger partial charge in [-0.25, -0.2) is 0 Å². The number of hydrogen-bond acceptors (Lipinski definition) is 2. The second-order valence-electron chi connectivity index (χ2n) is 5.79. The number of phenolic OH excluding ortho intramolecular Hbond substituents is 1. The number of aliphatic imine (C=N–C) groups is 1. The Morgan fingerprint density at radius 3 is 2.23 bits per heavy atom. The van der Waals surface area contributed by atoms with Gasteiger partial charge in [0.2, 0.25) is 0 Å². The Kier molecular flexibility index (Phi) is 10.5. The number of phenols is 1. The number of halogens is 2. The fourth-order valence-corrected chi connectivity index (χ4v) is 3.15. The van der Waals surface area contributed by atoms with E-state index in [1.807, 2.05) is 6.07 Å².